The van der Waals surface area contributed by atoms with Crippen molar-refractivity contribution in [3.8, 4) is 5.88 Å². The van der Waals surface area contributed by atoms with E-state index in [2.05, 4.69) is 10.3 Å². The highest BCUT2D eigenvalue weighted by atomic mass is 16.5. The number of hydrogen-bond acceptors (Lipinski definition) is 4. The first-order valence-corrected chi connectivity index (χ1v) is 6.21. The predicted octanol–water partition coefficient (Wildman–Crippen LogP) is 2.05. The predicted molar refractivity (Wildman–Crippen MR) is 67.2 cm³/mol. The number of pyridine rings is 1. The van der Waals surface area contributed by atoms with E-state index < -0.39 is 0 Å². The molecule has 0 amide bonds. The summed E-state index contributed by atoms with van der Waals surface area (Å²) in [7, 11) is 1.61. The van der Waals surface area contributed by atoms with Crippen LogP contribution in [-0.4, -0.2) is 29.8 Å². The molecule has 0 aromatic carbocycles. The molecule has 0 saturated heterocycles. The molecule has 0 spiro atoms. The Bertz CT molecular complexity index is 357. The van der Waals surface area contributed by atoms with Crippen LogP contribution in [-0.2, 0) is 0 Å². The zero-order valence-corrected chi connectivity index (χ0v) is 10.2. The molecule has 4 heteroatoms. The van der Waals surface area contributed by atoms with Gasteiger partial charge in [0.1, 0.15) is 5.82 Å². The zero-order valence-electron chi connectivity index (χ0n) is 10.2. The molecule has 2 unspecified atom stereocenters. The maximum absolute atomic E-state index is 9.60. The molecule has 2 N–H and O–H groups in total. The van der Waals surface area contributed by atoms with Crippen molar-refractivity contribution in [2.75, 3.05) is 19.0 Å². The maximum atomic E-state index is 9.60. The molecule has 17 heavy (non-hydrogen) atoms. The van der Waals surface area contributed by atoms with Crippen molar-refractivity contribution in [3.05, 3.63) is 18.2 Å². The first-order valence-electron chi connectivity index (χ1n) is 6.21. The summed E-state index contributed by atoms with van der Waals surface area (Å²) in [6.07, 6.45) is 4.05. The van der Waals surface area contributed by atoms with Gasteiger partial charge in [0.15, 0.2) is 0 Å². The second-order valence-electron chi connectivity index (χ2n) is 4.63. The molecule has 1 aromatic rings. The minimum Gasteiger partial charge on any atom is -0.481 e. The second kappa shape index (κ2) is 5.87. The van der Waals surface area contributed by atoms with Crippen LogP contribution in [0, 0.1) is 5.92 Å². The van der Waals surface area contributed by atoms with Crippen LogP contribution < -0.4 is 10.1 Å². The van der Waals surface area contributed by atoms with Crippen LogP contribution in [0.15, 0.2) is 18.2 Å². The molecule has 1 aliphatic rings. The number of anilines is 1. The highest BCUT2D eigenvalue weighted by Gasteiger charge is 2.19. The van der Waals surface area contributed by atoms with Gasteiger partial charge in [0.2, 0.25) is 5.88 Å². The molecular formula is C13H20N2O2. The molecule has 1 heterocycles. The van der Waals surface area contributed by atoms with E-state index in [0.29, 0.717) is 11.8 Å². The van der Waals surface area contributed by atoms with E-state index in [1.54, 1.807) is 7.11 Å². The minimum absolute atomic E-state index is 0.117. The second-order valence-corrected chi connectivity index (χ2v) is 4.63. The van der Waals surface area contributed by atoms with E-state index in [-0.39, 0.29) is 6.10 Å². The number of nitrogens with one attached hydrogen (secondary N) is 1. The zero-order chi connectivity index (χ0) is 12.1. The van der Waals surface area contributed by atoms with E-state index in [1.807, 2.05) is 18.2 Å². The van der Waals surface area contributed by atoms with Crippen LogP contribution in [0.3, 0.4) is 0 Å². The lowest BCUT2D eigenvalue weighted by Gasteiger charge is -2.26. The molecule has 1 aliphatic carbocycles. The van der Waals surface area contributed by atoms with Crippen molar-refractivity contribution in [1.82, 2.24) is 4.98 Å². The number of aromatic nitrogens is 1. The van der Waals surface area contributed by atoms with Gasteiger partial charge in [-0.1, -0.05) is 12.5 Å². The van der Waals surface area contributed by atoms with Gasteiger partial charge in [0.25, 0.3) is 0 Å². The normalized spacial score (nSPS) is 24.4. The summed E-state index contributed by atoms with van der Waals surface area (Å²) in [6, 6.07) is 5.68. The third-order valence-corrected chi connectivity index (χ3v) is 3.26. The van der Waals surface area contributed by atoms with Gasteiger partial charge in [-0.25, -0.2) is 0 Å². The SMILES string of the molecule is COc1cccc(NCC2CCCC(O)C2)n1. The van der Waals surface area contributed by atoms with Crippen LogP contribution in [0.2, 0.25) is 0 Å². The minimum atomic E-state index is -0.117. The lowest BCUT2D eigenvalue weighted by Crippen LogP contribution is -2.25. The van der Waals surface area contributed by atoms with Crippen molar-refractivity contribution < 1.29 is 9.84 Å². The van der Waals surface area contributed by atoms with Crippen LogP contribution in [0.25, 0.3) is 0 Å². The Morgan fingerprint density at radius 2 is 2.35 bits per heavy atom. The molecule has 0 radical (unpaired) electrons. The fraction of sp³-hybridized carbons (Fsp3) is 0.615. The largest absolute Gasteiger partial charge is 0.481 e. The summed E-state index contributed by atoms with van der Waals surface area (Å²) in [5.74, 6) is 2.01. The lowest BCUT2D eigenvalue weighted by molar-refractivity contribution is 0.104. The fourth-order valence-corrected chi connectivity index (χ4v) is 2.32. The van der Waals surface area contributed by atoms with Crippen LogP contribution in [0.1, 0.15) is 25.7 Å². The maximum Gasteiger partial charge on any atom is 0.214 e. The standard InChI is InChI=1S/C13H20N2O2/c1-17-13-7-3-6-12(15-13)14-9-10-4-2-5-11(16)8-10/h3,6-7,10-11,16H,2,4-5,8-9H2,1H3,(H,14,15). The lowest BCUT2D eigenvalue weighted by atomic mass is 9.87. The molecule has 1 fully saturated rings. The van der Waals surface area contributed by atoms with Gasteiger partial charge in [-0.15, -0.1) is 0 Å². The Kier molecular flexibility index (Phi) is 4.20. The topological polar surface area (TPSA) is 54.4 Å². The third-order valence-electron chi connectivity index (χ3n) is 3.26. The number of aliphatic hydroxyl groups is 1. The average molecular weight is 236 g/mol. The summed E-state index contributed by atoms with van der Waals surface area (Å²) in [5.41, 5.74) is 0. The highest BCUT2D eigenvalue weighted by Crippen LogP contribution is 2.24. The monoisotopic (exact) mass is 236 g/mol. The Morgan fingerprint density at radius 1 is 1.47 bits per heavy atom. The van der Waals surface area contributed by atoms with Crippen LogP contribution in [0.5, 0.6) is 5.88 Å². The molecule has 4 nitrogen and oxygen atoms in total. The Morgan fingerprint density at radius 3 is 3.12 bits per heavy atom. The average Bonchev–Trinajstić information content (AvgIpc) is 2.37. The third kappa shape index (κ3) is 3.60. The molecule has 1 aromatic heterocycles. The number of aliphatic hydroxyl groups excluding tert-OH is 1. The fourth-order valence-electron chi connectivity index (χ4n) is 2.32. The van der Waals surface area contributed by atoms with E-state index >= 15 is 0 Å². The van der Waals surface area contributed by atoms with E-state index in [4.69, 9.17) is 4.74 Å². The van der Waals surface area contributed by atoms with Crippen LogP contribution in [0.4, 0.5) is 5.82 Å². The number of nitrogens with zero attached hydrogens (tertiary/aromatic N) is 1. The molecule has 1 saturated carbocycles. The smallest absolute Gasteiger partial charge is 0.214 e. The van der Waals surface area contributed by atoms with Gasteiger partial charge in [0, 0.05) is 12.6 Å². The Balaban J connectivity index is 1.84. The molecule has 94 valence electrons. The van der Waals surface area contributed by atoms with Crippen molar-refractivity contribution in [2.24, 2.45) is 5.92 Å². The summed E-state index contributed by atoms with van der Waals surface area (Å²) < 4.78 is 5.07. The number of methoxy groups -OCH3 is 1. The summed E-state index contributed by atoms with van der Waals surface area (Å²) in [4.78, 5) is 4.30. The number of ether oxygens (including phenoxy) is 1. The molecule has 2 rings (SSSR count). The van der Waals surface area contributed by atoms with Gasteiger partial charge in [0.05, 0.1) is 13.2 Å². The summed E-state index contributed by atoms with van der Waals surface area (Å²) in [5, 5.41) is 12.9. The van der Waals surface area contributed by atoms with E-state index in [1.165, 1.54) is 6.42 Å². The van der Waals surface area contributed by atoms with Crippen molar-refractivity contribution in [1.29, 1.82) is 0 Å². The quantitative estimate of drug-likeness (QED) is 0.840. The van der Waals surface area contributed by atoms with E-state index in [9.17, 15) is 5.11 Å². The van der Waals surface area contributed by atoms with Gasteiger partial charge in [-0.2, -0.15) is 4.98 Å². The van der Waals surface area contributed by atoms with Gasteiger partial charge in [-0.05, 0) is 31.2 Å². The first kappa shape index (κ1) is 12.2. The number of rotatable bonds is 4. The Hall–Kier alpha value is -1.29. The van der Waals surface area contributed by atoms with Crippen molar-refractivity contribution in [3.63, 3.8) is 0 Å². The Labute approximate surface area is 102 Å². The van der Waals surface area contributed by atoms with Crippen LogP contribution >= 0.6 is 0 Å². The molecule has 0 bridgehead atoms. The van der Waals surface area contributed by atoms with Gasteiger partial charge in [-0.3, -0.25) is 0 Å². The summed E-state index contributed by atoms with van der Waals surface area (Å²) >= 11 is 0. The highest BCUT2D eigenvalue weighted by molar-refractivity contribution is 5.36. The summed E-state index contributed by atoms with van der Waals surface area (Å²) in [6.45, 7) is 0.872. The van der Waals surface area contributed by atoms with Crippen molar-refractivity contribution in [2.45, 2.75) is 31.8 Å². The number of hydrogen-bond donors (Lipinski definition) is 2. The molecule has 0 aliphatic heterocycles. The van der Waals surface area contributed by atoms with Gasteiger partial charge < -0.3 is 15.2 Å². The van der Waals surface area contributed by atoms with Gasteiger partial charge >= 0.3 is 0 Å². The molecule has 2 atom stereocenters. The first-order chi connectivity index (χ1) is 8.28. The molecular weight excluding hydrogens is 216 g/mol. The van der Waals surface area contributed by atoms with Crippen molar-refractivity contribution >= 4 is 5.82 Å². The van der Waals surface area contributed by atoms with E-state index in [0.717, 1.165) is 31.6 Å².